The Labute approximate surface area is 104 Å². The molecule has 0 bridgehead atoms. The smallest absolute Gasteiger partial charge is 0.153 e. The van der Waals surface area contributed by atoms with Crippen LogP contribution in [-0.4, -0.2) is 16.1 Å². The number of aryl methyl sites for hydroxylation is 1. The Balaban J connectivity index is 2.75. The molecular formula is C14H24N2O. The molecule has 1 heterocycles. The van der Waals surface area contributed by atoms with Crippen LogP contribution in [0.15, 0.2) is 0 Å². The highest BCUT2D eigenvalue weighted by atomic mass is 16.1. The average molecular weight is 236 g/mol. The van der Waals surface area contributed by atoms with Crippen LogP contribution in [0.3, 0.4) is 0 Å². The number of aromatic nitrogens is 2. The second-order valence-electron chi connectivity index (χ2n) is 4.80. The number of hydrogen-bond donors (Lipinski definition) is 0. The van der Waals surface area contributed by atoms with Gasteiger partial charge in [0.15, 0.2) is 6.29 Å². The molecular weight excluding hydrogens is 212 g/mol. The summed E-state index contributed by atoms with van der Waals surface area (Å²) in [6.45, 7) is 9.28. The Morgan fingerprint density at radius 1 is 1.35 bits per heavy atom. The number of unbranched alkanes of at least 4 members (excludes halogenated alkanes) is 1. The van der Waals surface area contributed by atoms with Gasteiger partial charge in [0.2, 0.25) is 0 Å². The molecule has 0 spiro atoms. The monoisotopic (exact) mass is 236 g/mol. The molecule has 0 aliphatic heterocycles. The van der Waals surface area contributed by atoms with E-state index in [-0.39, 0.29) is 0 Å². The van der Waals surface area contributed by atoms with Gasteiger partial charge < -0.3 is 0 Å². The SMILES string of the molecule is CCCCC(CC)Cn1nc(C)c(C=O)c1C. The van der Waals surface area contributed by atoms with E-state index >= 15 is 0 Å². The van der Waals surface area contributed by atoms with E-state index in [4.69, 9.17) is 0 Å². The first-order valence-electron chi connectivity index (χ1n) is 6.63. The third-order valence-corrected chi connectivity index (χ3v) is 3.53. The second kappa shape index (κ2) is 6.58. The lowest BCUT2D eigenvalue weighted by Crippen LogP contribution is -2.13. The molecule has 1 unspecified atom stereocenters. The summed E-state index contributed by atoms with van der Waals surface area (Å²) in [6, 6.07) is 0. The number of rotatable bonds is 7. The zero-order valence-electron chi connectivity index (χ0n) is 11.5. The minimum Gasteiger partial charge on any atom is -0.298 e. The highest BCUT2D eigenvalue weighted by Gasteiger charge is 2.14. The van der Waals surface area contributed by atoms with Gasteiger partial charge in [-0.1, -0.05) is 33.1 Å². The molecule has 0 radical (unpaired) electrons. The van der Waals surface area contributed by atoms with Gasteiger partial charge in [0.05, 0.1) is 11.3 Å². The first kappa shape index (κ1) is 13.9. The summed E-state index contributed by atoms with van der Waals surface area (Å²) >= 11 is 0. The molecule has 1 aromatic heterocycles. The van der Waals surface area contributed by atoms with Crippen LogP contribution < -0.4 is 0 Å². The van der Waals surface area contributed by atoms with Crippen molar-refractivity contribution in [2.75, 3.05) is 0 Å². The average Bonchev–Trinajstić information content (AvgIpc) is 2.59. The molecule has 0 aliphatic carbocycles. The van der Waals surface area contributed by atoms with Gasteiger partial charge in [-0.2, -0.15) is 5.10 Å². The number of aldehydes is 1. The highest BCUT2D eigenvalue weighted by Crippen LogP contribution is 2.18. The molecule has 3 nitrogen and oxygen atoms in total. The van der Waals surface area contributed by atoms with Crippen LogP contribution >= 0.6 is 0 Å². The molecule has 96 valence electrons. The normalized spacial score (nSPS) is 12.7. The van der Waals surface area contributed by atoms with Crippen molar-refractivity contribution in [1.82, 2.24) is 9.78 Å². The van der Waals surface area contributed by atoms with E-state index in [1.54, 1.807) is 0 Å². The molecule has 3 heteroatoms. The second-order valence-corrected chi connectivity index (χ2v) is 4.80. The quantitative estimate of drug-likeness (QED) is 0.679. The zero-order chi connectivity index (χ0) is 12.8. The van der Waals surface area contributed by atoms with Crippen LogP contribution in [0.1, 0.15) is 61.3 Å². The number of hydrogen-bond acceptors (Lipinski definition) is 2. The van der Waals surface area contributed by atoms with Gasteiger partial charge in [-0.15, -0.1) is 0 Å². The largest absolute Gasteiger partial charge is 0.298 e. The Hall–Kier alpha value is -1.12. The van der Waals surface area contributed by atoms with Crippen molar-refractivity contribution in [2.24, 2.45) is 5.92 Å². The predicted octanol–water partition coefficient (Wildman–Crippen LogP) is 3.53. The Kier molecular flexibility index (Phi) is 5.39. The van der Waals surface area contributed by atoms with E-state index in [0.717, 1.165) is 29.8 Å². The van der Waals surface area contributed by atoms with Crippen molar-refractivity contribution < 1.29 is 4.79 Å². The van der Waals surface area contributed by atoms with Crippen LogP contribution in [-0.2, 0) is 6.54 Å². The van der Waals surface area contributed by atoms with Crippen molar-refractivity contribution in [2.45, 2.75) is 59.9 Å². The zero-order valence-corrected chi connectivity index (χ0v) is 11.5. The third-order valence-electron chi connectivity index (χ3n) is 3.53. The summed E-state index contributed by atoms with van der Waals surface area (Å²) in [5.74, 6) is 0.674. The van der Waals surface area contributed by atoms with Gasteiger partial charge in [-0.3, -0.25) is 9.48 Å². The van der Waals surface area contributed by atoms with Gasteiger partial charge >= 0.3 is 0 Å². The molecule has 17 heavy (non-hydrogen) atoms. The Bertz CT molecular complexity index is 369. The van der Waals surface area contributed by atoms with Gasteiger partial charge in [0.25, 0.3) is 0 Å². The molecule has 0 aliphatic rings. The Morgan fingerprint density at radius 3 is 2.53 bits per heavy atom. The molecule has 1 aromatic rings. The number of nitrogens with zero attached hydrogens (tertiary/aromatic N) is 2. The van der Waals surface area contributed by atoms with Crippen molar-refractivity contribution in [3.05, 3.63) is 17.0 Å². The molecule has 0 aromatic carbocycles. The summed E-state index contributed by atoms with van der Waals surface area (Å²) in [5.41, 5.74) is 2.62. The van der Waals surface area contributed by atoms with E-state index in [1.807, 2.05) is 18.5 Å². The fraction of sp³-hybridized carbons (Fsp3) is 0.714. The number of carbonyl (C=O) groups is 1. The van der Waals surface area contributed by atoms with Crippen LogP contribution in [0, 0.1) is 19.8 Å². The summed E-state index contributed by atoms with van der Waals surface area (Å²) in [6.07, 6.45) is 5.86. The van der Waals surface area contributed by atoms with E-state index < -0.39 is 0 Å². The first-order valence-corrected chi connectivity index (χ1v) is 6.63. The van der Waals surface area contributed by atoms with Crippen molar-refractivity contribution >= 4 is 6.29 Å². The van der Waals surface area contributed by atoms with Crippen molar-refractivity contribution in [1.29, 1.82) is 0 Å². The number of carbonyl (C=O) groups excluding carboxylic acids is 1. The lowest BCUT2D eigenvalue weighted by atomic mass is 9.99. The van der Waals surface area contributed by atoms with Gasteiger partial charge in [0, 0.05) is 12.2 Å². The van der Waals surface area contributed by atoms with E-state index in [0.29, 0.717) is 5.92 Å². The maximum absolute atomic E-state index is 10.9. The van der Waals surface area contributed by atoms with Crippen LogP contribution in [0.25, 0.3) is 0 Å². The fourth-order valence-electron chi connectivity index (χ4n) is 2.22. The third kappa shape index (κ3) is 3.42. The van der Waals surface area contributed by atoms with Crippen LogP contribution in [0.2, 0.25) is 0 Å². The minimum atomic E-state index is 0.674. The lowest BCUT2D eigenvalue weighted by Gasteiger charge is -2.15. The molecule has 0 N–H and O–H groups in total. The van der Waals surface area contributed by atoms with E-state index in [9.17, 15) is 4.79 Å². The van der Waals surface area contributed by atoms with E-state index in [1.165, 1.54) is 25.7 Å². The van der Waals surface area contributed by atoms with Gasteiger partial charge in [-0.05, 0) is 26.2 Å². The van der Waals surface area contributed by atoms with E-state index in [2.05, 4.69) is 18.9 Å². The molecule has 1 rings (SSSR count). The van der Waals surface area contributed by atoms with Gasteiger partial charge in [-0.25, -0.2) is 0 Å². The molecule has 0 saturated heterocycles. The summed E-state index contributed by atoms with van der Waals surface area (Å²) in [5, 5.41) is 4.46. The van der Waals surface area contributed by atoms with Crippen LogP contribution in [0.5, 0.6) is 0 Å². The lowest BCUT2D eigenvalue weighted by molar-refractivity contribution is 0.112. The minimum absolute atomic E-state index is 0.674. The molecule has 0 saturated carbocycles. The van der Waals surface area contributed by atoms with Crippen molar-refractivity contribution in [3.8, 4) is 0 Å². The highest BCUT2D eigenvalue weighted by molar-refractivity contribution is 5.77. The predicted molar refractivity (Wildman–Crippen MR) is 70.4 cm³/mol. The van der Waals surface area contributed by atoms with Crippen LogP contribution in [0.4, 0.5) is 0 Å². The van der Waals surface area contributed by atoms with Gasteiger partial charge in [0.1, 0.15) is 0 Å². The summed E-state index contributed by atoms with van der Waals surface area (Å²) in [7, 11) is 0. The van der Waals surface area contributed by atoms with Crippen molar-refractivity contribution in [3.63, 3.8) is 0 Å². The summed E-state index contributed by atoms with van der Waals surface area (Å²) in [4.78, 5) is 10.9. The molecule has 0 amide bonds. The molecule has 1 atom stereocenters. The fourth-order valence-corrected chi connectivity index (χ4v) is 2.22. The Morgan fingerprint density at radius 2 is 2.06 bits per heavy atom. The molecule has 0 fully saturated rings. The maximum Gasteiger partial charge on any atom is 0.153 e. The standard InChI is InChI=1S/C14H24N2O/c1-5-7-8-13(6-2)9-16-12(4)14(10-17)11(3)15-16/h10,13H,5-9H2,1-4H3. The topological polar surface area (TPSA) is 34.9 Å². The first-order chi connectivity index (χ1) is 8.13. The maximum atomic E-state index is 10.9. The summed E-state index contributed by atoms with van der Waals surface area (Å²) < 4.78 is 2.00.